The average molecular weight is 284 g/mol. The van der Waals surface area contributed by atoms with Crippen molar-refractivity contribution in [3.8, 4) is 0 Å². The summed E-state index contributed by atoms with van der Waals surface area (Å²) in [5, 5.41) is 0.275. The lowest BCUT2D eigenvalue weighted by molar-refractivity contribution is 0.152. The van der Waals surface area contributed by atoms with Crippen LogP contribution in [-0.2, 0) is 4.74 Å². The van der Waals surface area contributed by atoms with E-state index >= 15 is 0 Å². The van der Waals surface area contributed by atoms with Crippen LogP contribution in [0.5, 0.6) is 0 Å². The molecule has 7 heteroatoms. The zero-order valence-electron chi connectivity index (χ0n) is 10.9. The largest absolute Gasteiger partial charge is 0.380 e. The number of ether oxygens (including phenoxy) is 1. The summed E-state index contributed by atoms with van der Waals surface area (Å²) in [6.45, 7) is 5.22. The van der Waals surface area contributed by atoms with Gasteiger partial charge in [0.05, 0.1) is 6.61 Å². The smallest absolute Gasteiger partial charge is 0.231 e. The molecular formula is C12H18ClN5O. The van der Waals surface area contributed by atoms with Crippen LogP contribution >= 0.6 is 11.6 Å². The van der Waals surface area contributed by atoms with Crippen molar-refractivity contribution in [1.82, 2.24) is 15.0 Å². The Morgan fingerprint density at radius 2 is 1.42 bits per heavy atom. The van der Waals surface area contributed by atoms with Crippen molar-refractivity contribution in [3.63, 3.8) is 0 Å². The number of nitrogens with zero attached hydrogens (tertiary/aromatic N) is 5. The summed E-state index contributed by atoms with van der Waals surface area (Å²) in [7, 11) is 0. The fraction of sp³-hybridized carbons (Fsp3) is 0.750. The van der Waals surface area contributed by atoms with Crippen LogP contribution in [0.2, 0.25) is 5.28 Å². The van der Waals surface area contributed by atoms with Crippen molar-refractivity contribution in [2.45, 2.75) is 19.3 Å². The van der Waals surface area contributed by atoms with Gasteiger partial charge >= 0.3 is 0 Å². The van der Waals surface area contributed by atoms with Crippen molar-refractivity contribution in [3.05, 3.63) is 5.28 Å². The molecule has 0 saturated carbocycles. The molecule has 0 spiro atoms. The van der Waals surface area contributed by atoms with E-state index < -0.39 is 0 Å². The van der Waals surface area contributed by atoms with Gasteiger partial charge < -0.3 is 14.5 Å². The van der Waals surface area contributed by atoms with Gasteiger partial charge in [-0.2, -0.15) is 15.0 Å². The molecule has 19 heavy (non-hydrogen) atoms. The number of halogens is 1. The first-order valence-electron chi connectivity index (χ1n) is 6.82. The van der Waals surface area contributed by atoms with Gasteiger partial charge in [-0.1, -0.05) is 0 Å². The Balaban J connectivity index is 1.83. The lowest BCUT2D eigenvalue weighted by Gasteiger charge is -2.22. The summed E-state index contributed by atoms with van der Waals surface area (Å²) < 4.78 is 5.45. The fourth-order valence-corrected chi connectivity index (χ4v) is 2.63. The monoisotopic (exact) mass is 283 g/mol. The summed E-state index contributed by atoms with van der Waals surface area (Å²) in [4.78, 5) is 17.4. The standard InChI is InChI=1S/C12H18ClN5O/c13-10-14-11(17-4-1-2-5-17)16-12(15-10)18-6-3-8-19-9-7-18/h1-9H2. The van der Waals surface area contributed by atoms with Crippen LogP contribution in [0.25, 0.3) is 0 Å². The van der Waals surface area contributed by atoms with Crippen LogP contribution < -0.4 is 9.80 Å². The van der Waals surface area contributed by atoms with E-state index in [0.717, 1.165) is 39.2 Å². The molecule has 2 aliphatic rings. The summed E-state index contributed by atoms with van der Waals surface area (Å²) >= 11 is 6.04. The van der Waals surface area contributed by atoms with Gasteiger partial charge in [-0.05, 0) is 30.9 Å². The predicted octanol–water partition coefficient (Wildman–Crippen LogP) is 1.35. The van der Waals surface area contributed by atoms with Crippen LogP contribution in [-0.4, -0.2) is 54.3 Å². The lowest BCUT2D eigenvalue weighted by Crippen LogP contribution is -2.29. The quantitative estimate of drug-likeness (QED) is 0.817. The molecule has 0 aliphatic carbocycles. The second-order valence-electron chi connectivity index (χ2n) is 4.85. The van der Waals surface area contributed by atoms with Crippen LogP contribution in [0.4, 0.5) is 11.9 Å². The van der Waals surface area contributed by atoms with Gasteiger partial charge in [-0.25, -0.2) is 0 Å². The second-order valence-corrected chi connectivity index (χ2v) is 5.19. The SMILES string of the molecule is Clc1nc(N2CCCC2)nc(N2CCCOCC2)n1. The van der Waals surface area contributed by atoms with Gasteiger partial charge in [0.1, 0.15) is 0 Å². The third-order valence-corrected chi connectivity index (χ3v) is 3.65. The first-order valence-corrected chi connectivity index (χ1v) is 7.20. The Hall–Kier alpha value is -1.14. The van der Waals surface area contributed by atoms with Gasteiger partial charge in [0, 0.05) is 32.8 Å². The van der Waals surface area contributed by atoms with E-state index in [1.165, 1.54) is 12.8 Å². The Kier molecular flexibility index (Phi) is 3.98. The molecule has 0 N–H and O–H groups in total. The Morgan fingerprint density at radius 1 is 0.789 bits per heavy atom. The predicted molar refractivity (Wildman–Crippen MR) is 73.9 cm³/mol. The number of anilines is 2. The maximum Gasteiger partial charge on any atom is 0.231 e. The van der Waals surface area contributed by atoms with Crippen molar-refractivity contribution in [1.29, 1.82) is 0 Å². The normalized spacial score (nSPS) is 20.7. The molecule has 2 saturated heterocycles. The van der Waals surface area contributed by atoms with Crippen molar-refractivity contribution in [2.75, 3.05) is 49.2 Å². The second kappa shape index (κ2) is 5.88. The highest BCUT2D eigenvalue weighted by Crippen LogP contribution is 2.20. The molecule has 1 aromatic rings. The molecule has 0 unspecified atom stereocenters. The molecule has 0 atom stereocenters. The van der Waals surface area contributed by atoms with E-state index in [4.69, 9.17) is 16.3 Å². The molecule has 104 valence electrons. The molecule has 3 heterocycles. The number of hydrogen-bond donors (Lipinski definition) is 0. The van der Waals surface area contributed by atoms with Crippen LogP contribution in [0.1, 0.15) is 19.3 Å². The summed E-state index contributed by atoms with van der Waals surface area (Å²) in [5.74, 6) is 1.38. The van der Waals surface area contributed by atoms with E-state index in [9.17, 15) is 0 Å². The first kappa shape index (κ1) is 12.9. The third kappa shape index (κ3) is 3.06. The van der Waals surface area contributed by atoms with Crippen molar-refractivity contribution < 1.29 is 4.74 Å². The third-order valence-electron chi connectivity index (χ3n) is 3.48. The number of rotatable bonds is 2. The maximum absolute atomic E-state index is 6.04. The van der Waals surface area contributed by atoms with Gasteiger partial charge in [0.15, 0.2) is 0 Å². The van der Waals surface area contributed by atoms with Gasteiger partial charge in [-0.15, -0.1) is 0 Å². The van der Waals surface area contributed by atoms with E-state index in [1.807, 2.05) is 0 Å². The zero-order valence-corrected chi connectivity index (χ0v) is 11.6. The lowest BCUT2D eigenvalue weighted by atomic mass is 10.4. The topological polar surface area (TPSA) is 54.4 Å². The van der Waals surface area contributed by atoms with Crippen LogP contribution in [0.3, 0.4) is 0 Å². The minimum atomic E-state index is 0.275. The first-order chi connectivity index (χ1) is 9.33. The van der Waals surface area contributed by atoms with E-state index in [0.29, 0.717) is 18.5 Å². The van der Waals surface area contributed by atoms with Crippen molar-refractivity contribution in [2.24, 2.45) is 0 Å². The molecule has 0 bridgehead atoms. The maximum atomic E-state index is 6.04. The molecule has 1 aromatic heterocycles. The highest BCUT2D eigenvalue weighted by molar-refractivity contribution is 6.28. The molecule has 6 nitrogen and oxygen atoms in total. The molecule has 0 radical (unpaired) electrons. The zero-order chi connectivity index (χ0) is 13.1. The van der Waals surface area contributed by atoms with Gasteiger partial charge in [0.2, 0.25) is 17.2 Å². The van der Waals surface area contributed by atoms with Gasteiger partial charge in [0.25, 0.3) is 0 Å². The Morgan fingerprint density at radius 3 is 2.16 bits per heavy atom. The van der Waals surface area contributed by atoms with Crippen molar-refractivity contribution >= 4 is 23.5 Å². The van der Waals surface area contributed by atoms with E-state index in [-0.39, 0.29) is 5.28 Å². The molecule has 2 fully saturated rings. The minimum absolute atomic E-state index is 0.275. The summed E-state index contributed by atoms with van der Waals surface area (Å²) in [5.41, 5.74) is 0. The summed E-state index contributed by atoms with van der Waals surface area (Å²) in [6, 6.07) is 0. The molecule has 0 amide bonds. The molecule has 0 aromatic carbocycles. The average Bonchev–Trinajstić information content (AvgIpc) is 2.81. The van der Waals surface area contributed by atoms with E-state index in [1.54, 1.807) is 0 Å². The van der Waals surface area contributed by atoms with Gasteiger partial charge in [-0.3, -0.25) is 0 Å². The Bertz CT molecular complexity index is 430. The molecular weight excluding hydrogens is 266 g/mol. The fourth-order valence-electron chi connectivity index (χ4n) is 2.48. The highest BCUT2D eigenvalue weighted by atomic mass is 35.5. The molecule has 3 rings (SSSR count). The number of aromatic nitrogens is 3. The number of hydrogen-bond acceptors (Lipinski definition) is 6. The minimum Gasteiger partial charge on any atom is -0.380 e. The highest BCUT2D eigenvalue weighted by Gasteiger charge is 2.19. The summed E-state index contributed by atoms with van der Waals surface area (Å²) in [6.07, 6.45) is 3.37. The van der Waals surface area contributed by atoms with E-state index in [2.05, 4.69) is 24.8 Å². The van der Waals surface area contributed by atoms with Crippen LogP contribution in [0, 0.1) is 0 Å². The molecule has 2 aliphatic heterocycles. The Labute approximate surface area is 117 Å². The van der Waals surface area contributed by atoms with Crippen LogP contribution in [0.15, 0.2) is 0 Å².